The Morgan fingerprint density at radius 2 is 2.13 bits per heavy atom. The highest BCUT2D eigenvalue weighted by atomic mass is 16.4. The Bertz CT molecular complexity index is 474. The van der Waals surface area contributed by atoms with Crippen molar-refractivity contribution in [2.75, 3.05) is 6.54 Å². The largest absolute Gasteiger partial charge is 0.477 e. The van der Waals surface area contributed by atoms with Gasteiger partial charge in [-0.25, -0.2) is 4.79 Å². The smallest absolute Gasteiger partial charge is 0.353 e. The van der Waals surface area contributed by atoms with Gasteiger partial charge in [0.25, 0.3) is 11.8 Å². The standard InChI is InChI=1S/C9H8N2O4/c1-2-11-7(12)4-3-10-6(9(14)15)5(4)8(11)13/h3,10H,2H2,1H3,(H,14,15). The SMILES string of the molecule is CCN1C(=O)c2c[nH]c(C(=O)O)c2C1=O. The predicted octanol–water partition coefficient (Wildman–Crippen LogP) is 0.329. The summed E-state index contributed by atoms with van der Waals surface area (Å²) in [6.07, 6.45) is 1.26. The number of rotatable bonds is 2. The van der Waals surface area contributed by atoms with E-state index >= 15 is 0 Å². The number of carboxylic acid groups (broad SMARTS) is 1. The molecule has 2 heterocycles. The van der Waals surface area contributed by atoms with Gasteiger partial charge in [-0.05, 0) is 6.92 Å². The monoisotopic (exact) mass is 208 g/mol. The summed E-state index contributed by atoms with van der Waals surface area (Å²) < 4.78 is 0. The van der Waals surface area contributed by atoms with Gasteiger partial charge in [-0.2, -0.15) is 0 Å². The van der Waals surface area contributed by atoms with Crippen LogP contribution in [0.4, 0.5) is 0 Å². The summed E-state index contributed by atoms with van der Waals surface area (Å²) in [7, 11) is 0. The first-order valence-electron chi connectivity index (χ1n) is 4.38. The van der Waals surface area contributed by atoms with Crippen LogP contribution in [0.3, 0.4) is 0 Å². The number of aromatic carboxylic acids is 1. The van der Waals surface area contributed by atoms with E-state index in [4.69, 9.17) is 5.11 Å². The molecule has 1 aliphatic rings. The number of aromatic nitrogens is 1. The van der Waals surface area contributed by atoms with Crippen LogP contribution < -0.4 is 0 Å². The third-order valence-electron chi connectivity index (χ3n) is 2.34. The lowest BCUT2D eigenvalue weighted by Gasteiger charge is -2.09. The molecular formula is C9H8N2O4. The second kappa shape index (κ2) is 2.94. The molecule has 0 unspecified atom stereocenters. The zero-order chi connectivity index (χ0) is 11.2. The van der Waals surface area contributed by atoms with E-state index in [0.29, 0.717) is 0 Å². The number of hydrogen-bond acceptors (Lipinski definition) is 3. The number of hydrogen-bond donors (Lipinski definition) is 2. The van der Waals surface area contributed by atoms with Crippen LogP contribution in [0.1, 0.15) is 38.1 Å². The minimum atomic E-state index is -1.24. The summed E-state index contributed by atoms with van der Waals surface area (Å²) in [4.78, 5) is 37.4. The highest BCUT2D eigenvalue weighted by Gasteiger charge is 2.39. The number of nitrogens with one attached hydrogen (secondary N) is 1. The van der Waals surface area contributed by atoms with Gasteiger partial charge < -0.3 is 10.1 Å². The molecule has 2 N–H and O–H groups in total. The third kappa shape index (κ3) is 1.08. The first-order chi connectivity index (χ1) is 7.07. The van der Waals surface area contributed by atoms with E-state index in [1.807, 2.05) is 0 Å². The number of nitrogens with zero attached hydrogens (tertiary/aromatic N) is 1. The Morgan fingerprint density at radius 1 is 1.47 bits per heavy atom. The number of H-pyrrole nitrogens is 1. The topological polar surface area (TPSA) is 90.5 Å². The van der Waals surface area contributed by atoms with E-state index in [-0.39, 0.29) is 23.4 Å². The minimum absolute atomic E-state index is 0.0330. The molecule has 0 aromatic carbocycles. The molecule has 2 amide bonds. The molecule has 0 atom stereocenters. The van der Waals surface area contributed by atoms with Crippen molar-refractivity contribution in [1.29, 1.82) is 0 Å². The molecule has 0 radical (unpaired) electrons. The fraction of sp³-hybridized carbons (Fsp3) is 0.222. The Hall–Kier alpha value is -2.11. The van der Waals surface area contributed by atoms with Crippen LogP contribution in [0.5, 0.6) is 0 Å². The molecule has 0 fully saturated rings. The summed E-state index contributed by atoms with van der Waals surface area (Å²) in [6, 6.07) is 0. The maximum absolute atomic E-state index is 11.6. The summed E-state index contributed by atoms with van der Waals surface area (Å²) in [6.45, 7) is 1.90. The number of amides is 2. The van der Waals surface area contributed by atoms with Crippen LogP contribution in [0.15, 0.2) is 6.20 Å². The quantitative estimate of drug-likeness (QED) is 0.685. The third-order valence-corrected chi connectivity index (χ3v) is 2.34. The van der Waals surface area contributed by atoms with Crippen molar-refractivity contribution < 1.29 is 19.5 Å². The zero-order valence-electron chi connectivity index (χ0n) is 7.90. The highest BCUT2D eigenvalue weighted by Crippen LogP contribution is 2.25. The van der Waals surface area contributed by atoms with Gasteiger partial charge in [-0.15, -0.1) is 0 Å². The lowest BCUT2D eigenvalue weighted by atomic mass is 10.2. The van der Waals surface area contributed by atoms with Crippen molar-refractivity contribution in [3.8, 4) is 0 Å². The summed E-state index contributed by atoms with van der Waals surface area (Å²) in [5.74, 6) is -2.23. The van der Waals surface area contributed by atoms with Gasteiger partial charge in [0.2, 0.25) is 0 Å². The Morgan fingerprint density at radius 3 is 2.67 bits per heavy atom. The Balaban J connectivity index is 2.59. The Kier molecular flexibility index (Phi) is 1.85. The molecule has 78 valence electrons. The molecule has 1 aromatic heterocycles. The van der Waals surface area contributed by atoms with Gasteiger partial charge in [0.1, 0.15) is 5.69 Å². The highest BCUT2D eigenvalue weighted by molar-refractivity contribution is 6.24. The molecular weight excluding hydrogens is 200 g/mol. The van der Waals surface area contributed by atoms with Crippen molar-refractivity contribution in [1.82, 2.24) is 9.88 Å². The van der Waals surface area contributed by atoms with Crippen molar-refractivity contribution in [3.05, 3.63) is 23.0 Å². The minimum Gasteiger partial charge on any atom is -0.477 e. The van der Waals surface area contributed by atoms with E-state index in [0.717, 1.165) is 4.90 Å². The number of carbonyl (C=O) groups is 3. The number of carbonyl (C=O) groups excluding carboxylic acids is 2. The van der Waals surface area contributed by atoms with E-state index in [1.165, 1.54) is 6.20 Å². The van der Waals surface area contributed by atoms with Gasteiger partial charge in [0, 0.05) is 12.7 Å². The van der Waals surface area contributed by atoms with Crippen molar-refractivity contribution in [2.45, 2.75) is 6.92 Å². The van der Waals surface area contributed by atoms with Gasteiger partial charge in [-0.3, -0.25) is 14.5 Å². The van der Waals surface area contributed by atoms with Crippen LogP contribution in [-0.4, -0.2) is 39.3 Å². The molecule has 15 heavy (non-hydrogen) atoms. The van der Waals surface area contributed by atoms with E-state index in [9.17, 15) is 14.4 Å². The summed E-state index contributed by atoms with van der Waals surface area (Å²) in [5.41, 5.74) is -0.118. The average Bonchev–Trinajstić information content (AvgIpc) is 2.69. The number of aromatic amines is 1. The summed E-state index contributed by atoms with van der Waals surface area (Å²) >= 11 is 0. The number of carboxylic acids is 1. The van der Waals surface area contributed by atoms with Crippen LogP contribution in [0, 0.1) is 0 Å². The fourth-order valence-electron chi connectivity index (χ4n) is 1.64. The molecule has 0 aliphatic carbocycles. The second-order valence-electron chi connectivity index (χ2n) is 3.11. The lowest BCUT2D eigenvalue weighted by molar-refractivity contribution is 0.0638. The maximum atomic E-state index is 11.6. The normalized spacial score (nSPS) is 14.6. The van der Waals surface area contributed by atoms with Crippen LogP contribution in [-0.2, 0) is 0 Å². The molecule has 1 aliphatic heterocycles. The fourth-order valence-corrected chi connectivity index (χ4v) is 1.64. The van der Waals surface area contributed by atoms with Crippen molar-refractivity contribution in [3.63, 3.8) is 0 Å². The zero-order valence-corrected chi connectivity index (χ0v) is 7.90. The van der Waals surface area contributed by atoms with E-state index in [2.05, 4.69) is 4.98 Å². The second-order valence-corrected chi connectivity index (χ2v) is 3.11. The number of fused-ring (bicyclic) bond motifs is 1. The first-order valence-corrected chi connectivity index (χ1v) is 4.38. The molecule has 0 saturated heterocycles. The molecule has 0 bridgehead atoms. The van der Waals surface area contributed by atoms with E-state index in [1.54, 1.807) is 6.92 Å². The summed E-state index contributed by atoms with van der Waals surface area (Å²) in [5, 5.41) is 8.79. The molecule has 1 aromatic rings. The molecule has 2 rings (SSSR count). The van der Waals surface area contributed by atoms with Gasteiger partial charge in [0.15, 0.2) is 0 Å². The van der Waals surface area contributed by atoms with Crippen LogP contribution in [0.2, 0.25) is 0 Å². The van der Waals surface area contributed by atoms with Gasteiger partial charge in [0.05, 0.1) is 11.1 Å². The molecule has 0 spiro atoms. The van der Waals surface area contributed by atoms with Crippen LogP contribution >= 0.6 is 0 Å². The van der Waals surface area contributed by atoms with Crippen LogP contribution in [0.25, 0.3) is 0 Å². The molecule has 6 nitrogen and oxygen atoms in total. The van der Waals surface area contributed by atoms with Gasteiger partial charge >= 0.3 is 5.97 Å². The number of imide groups is 1. The van der Waals surface area contributed by atoms with Gasteiger partial charge in [-0.1, -0.05) is 0 Å². The Labute approximate surface area is 84.5 Å². The molecule has 0 saturated carbocycles. The predicted molar refractivity (Wildman–Crippen MR) is 48.8 cm³/mol. The molecule has 6 heteroatoms. The van der Waals surface area contributed by atoms with Crippen molar-refractivity contribution >= 4 is 17.8 Å². The van der Waals surface area contributed by atoms with E-state index < -0.39 is 17.8 Å². The first kappa shape index (κ1) is 9.45. The average molecular weight is 208 g/mol. The maximum Gasteiger partial charge on any atom is 0.353 e. The lowest BCUT2D eigenvalue weighted by Crippen LogP contribution is -2.30. The van der Waals surface area contributed by atoms with Crippen molar-refractivity contribution in [2.24, 2.45) is 0 Å².